The van der Waals surface area contributed by atoms with Crippen molar-refractivity contribution < 1.29 is 2.85 Å². The molecule has 0 radical (unpaired) electrons. The summed E-state index contributed by atoms with van der Waals surface area (Å²) in [7, 11) is 0. The number of pyridine rings is 2. The van der Waals surface area contributed by atoms with E-state index in [2.05, 4.69) is 72.0 Å². The summed E-state index contributed by atoms with van der Waals surface area (Å²) in [4.78, 5) is 9.48. The molecule has 0 fully saturated rings. The maximum atomic E-state index is 4.74. The van der Waals surface area contributed by atoms with Crippen molar-refractivity contribution >= 4 is 0 Å². The molecule has 0 atom stereocenters. The summed E-state index contributed by atoms with van der Waals surface area (Å²) in [6.07, 6.45) is 35.5. The molecule has 0 unspecified atom stereocenters. The van der Waals surface area contributed by atoms with Crippen molar-refractivity contribution in [3.8, 4) is 0 Å². The molecule has 0 aliphatic rings. The van der Waals surface area contributed by atoms with Crippen molar-refractivity contribution in [1.29, 1.82) is 0 Å². The zero-order valence-corrected chi connectivity index (χ0v) is 26.4. The van der Waals surface area contributed by atoms with Crippen LogP contribution in [-0.2, 0) is 13.1 Å². The Bertz CT molecular complexity index is 862. The van der Waals surface area contributed by atoms with Crippen molar-refractivity contribution in [1.82, 2.24) is 9.13 Å². The molecule has 0 saturated heterocycles. The lowest BCUT2D eigenvalue weighted by Gasteiger charge is -2.07. The first-order valence-corrected chi connectivity index (χ1v) is 17.1. The number of aryl methyl sites for hydroxylation is 2. The molecule has 2 aromatic heterocycles. The average molecular weight is 555 g/mol. The van der Waals surface area contributed by atoms with E-state index in [-0.39, 0.29) is 2.85 Å². The van der Waals surface area contributed by atoms with E-state index < -0.39 is 0 Å². The van der Waals surface area contributed by atoms with Gasteiger partial charge >= 0.3 is 0 Å². The monoisotopic (exact) mass is 555 g/mol. The molecule has 40 heavy (non-hydrogen) atoms. The summed E-state index contributed by atoms with van der Waals surface area (Å²) in [6.45, 7) is 8.74. The Morgan fingerprint density at radius 1 is 0.425 bits per heavy atom. The summed E-state index contributed by atoms with van der Waals surface area (Å²) in [5, 5.41) is 2.27. The van der Waals surface area contributed by atoms with E-state index in [0.717, 1.165) is 36.9 Å². The SMILES string of the molecule is CCCCCCCCN=c1ccn(CCCCCCCCCCn2ccc(=NCCCCCCCC)cc2)cc1.[HH].[HH]. The van der Waals surface area contributed by atoms with Gasteiger partial charge in [0.2, 0.25) is 0 Å². The molecule has 0 aromatic carbocycles. The Morgan fingerprint density at radius 3 is 1.07 bits per heavy atom. The molecule has 0 aliphatic heterocycles. The van der Waals surface area contributed by atoms with Crippen LogP contribution in [0.25, 0.3) is 0 Å². The van der Waals surface area contributed by atoms with Gasteiger partial charge in [-0.2, -0.15) is 0 Å². The fourth-order valence-corrected chi connectivity index (χ4v) is 5.26. The zero-order valence-electron chi connectivity index (χ0n) is 26.4. The number of unbranched alkanes of at least 4 members (excludes halogenated alkanes) is 17. The second-order valence-electron chi connectivity index (χ2n) is 11.7. The predicted molar refractivity (Wildman–Crippen MR) is 178 cm³/mol. The van der Waals surface area contributed by atoms with Crippen molar-refractivity contribution in [3.05, 3.63) is 59.8 Å². The smallest absolute Gasteiger partial charge is 0.0603 e. The van der Waals surface area contributed by atoms with Gasteiger partial charge in [0.1, 0.15) is 0 Å². The third kappa shape index (κ3) is 18.3. The van der Waals surface area contributed by atoms with Gasteiger partial charge in [-0.15, -0.1) is 0 Å². The minimum Gasteiger partial charge on any atom is -0.354 e. The molecule has 0 spiro atoms. The van der Waals surface area contributed by atoms with Crippen LogP contribution in [0, 0.1) is 0 Å². The number of hydrogen-bond acceptors (Lipinski definition) is 2. The van der Waals surface area contributed by atoms with E-state index in [4.69, 9.17) is 9.98 Å². The molecule has 0 amide bonds. The highest BCUT2D eigenvalue weighted by Crippen LogP contribution is 2.10. The maximum Gasteiger partial charge on any atom is 0.0603 e. The molecular formula is C36H66N4. The number of hydrogen-bond donors (Lipinski definition) is 0. The minimum atomic E-state index is 0. The number of aromatic nitrogens is 2. The molecule has 0 aliphatic carbocycles. The average Bonchev–Trinajstić information content (AvgIpc) is 2.98. The maximum absolute atomic E-state index is 4.74. The lowest BCUT2D eigenvalue weighted by molar-refractivity contribution is 0.524. The van der Waals surface area contributed by atoms with Gasteiger partial charge in [0.05, 0.1) is 10.7 Å². The van der Waals surface area contributed by atoms with Crippen molar-refractivity contribution in [2.75, 3.05) is 13.1 Å². The molecule has 0 saturated carbocycles. The molecule has 0 bridgehead atoms. The molecule has 0 N–H and O–H groups in total. The van der Waals surface area contributed by atoms with Crippen molar-refractivity contribution in [2.24, 2.45) is 9.98 Å². The molecule has 2 heterocycles. The van der Waals surface area contributed by atoms with Gasteiger partial charge in [-0.3, -0.25) is 9.98 Å². The van der Waals surface area contributed by atoms with Gasteiger partial charge in [-0.1, -0.05) is 117 Å². The second-order valence-corrected chi connectivity index (χ2v) is 11.7. The Kier molecular flexibility index (Phi) is 21.0. The molecular weight excluding hydrogens is 488 g/mol. The fourth-order valence-electron chi connectivity index (χ4n) is 5.26. The topological polar surface area (TPSA) is 34.6 Å². The fraction of sp³-hybridized carbons (Fsp3) is 0.722. The summed E-state index contributed by atoms with van der Waals surface area (Å²) in [5.74, 6) is 0. The van der Waals surface area contributed by atoms with Crippen molar-refractivity contribution in [3.63, 3.8) is 0 Å². The summed E-state index contributed by atoms with van der Waals surface area (Å²) in [6, 6.07) is 8.71. The van der Waals surface area contributed by atoms with Gasteiger partial charge < -0.3 is 9.13 Å². The highest BCUT2D eigenvalue weighted by molar-refractivity contribution is 4.94. The minimum absolute atomic E-state index is 0. The first kappa shape index (κ1) is 34.1. The standard InChI is InChI=1S/C36H62N4.2H2/c1-3-5-7-9-15-19-27-37-35-23-31-39(32-24-35)29-21-17-13-11-12-14-18-22-30-40-33-25-36(26-34-40)38-28-20-16-10-8-6-4-2;;/h23-26,31-34H,3-22,27-30H2,1-2H3;2*1H. The van der Waals surface area contributed by atoms with Crippen LogP contribution in [-0.4, -0.2) is 22.2 Å². The van der Waals surface area contributed by atoms with Gasteiger partial charge in [0.25, 0.3) is 0 Å². The molecule has 2 rings (SSSR count). The lowest BCUT2D eigenvalue weighted by atomic mass is 10.1. The van der Waals surface area contributed by atoms with Crippen LogP contribution in [0.2, 0.25) is 0 Å². The summed E-state index contributed by atoms with van der Waals surface area (Å²) >= 11 is 0. The van der Waals surface area contributed by atoms with E-state index in [9.17, 15) is 0 Å². The van der Waals surface area contributed by atoms with Crippen LogP contribution in [0.1, 0.15) is 145 Å². The van der Waals surface area contributed by atoms with Crippen LogP contribution in [0.3, 0.4) is 0 Å². The Balaban J connectivity index is 0.00000840. The van der Waals surface area contributed by atoms with Crippen LogP contribution in [0.5, 0.6) is 0 Å². The van der Waals surface area contributed by atoms with E-state index in [0.29, 0.717) is 0 Å². The predicted octanol–water partition coefficient (Wildman–Crippen LogP) is 10.1. The Labute approximate surface area is 250 Å². The molecule has 4 heteroatoms. The highest BCUT2D eigenvalue weighted by atomic mass is 14.9. The van der Waals surface area contributed by atoms with Gasteiger partial charge in [0, 0.05) is 53.8 Å². The lowest BCUT2D eigenvalue weighted by Crippen LogP contribution is -2.06. The summed E-state index contributed by atoms with van der Waals surface area (Å²) in [5.41, 5.74) is 0. The molecule has 230 valence electrons. The van der Waals surface area contributed by atoms with E-state index >= 15 is 0 Å². The quantitative estimate of drug-likeness (QED) is 0.109. The highest BCUT2D eigenvalue weighted by Gasteiger charge is 1.96. The number of rotatable bonds is 25. The van der Waals surface area contributed by atoms with E-state index in [1.807, 2.05) is 0 Å². The number of nitrogens with zero attached hydrogens (tertiary/aromatic N) is 4. The van der Waals surface area contributed by atoms with Crippen molar-refractivity contribution in [2.45, 2.75) is 155 Å². The summed E-state index contributed by atoms with van der Waals surface area (Å²) < 4.78 is 4.63. The largest absolute Gasteiger partial charge is 0.354 e. The third-order valence-electron chi connectivity index (χ3n) is 7.94. The normalized spacial score (nSPS) is 11.2. The van der Waals surface area contributed by atoms with Gasteiger partial charge in [-0.05, 0) is 49.9 Å². The molecule has 4 nitrogen and oxygen atoms in total. The first-order valence-electron chi connectivity index (χ1n) is 17.1. The van der Waals surface area contributed by atoms with Crippen LogP contribution >= 0.6 is 0 Å². The second kappa shape index (κ2) is 24.7. The first-order chi connectivity index (χ1) is 19.8. The van der Waals surface area contributed by atoms with Crippen LogP contribution in [0.15, 0.2) is 59.0 Å². The Morgan fingerprint density at radius 2 is 0.725 bits per heavy atom. The van der Waals surface area contributed by atoms with Gasteiger partial charge in [-0.25, -0.2) is 0 Å². The molecule has 2 aromatic rings. The van der Waals surface area contributed by atoms with Crippen LogP contribution in [0.4, 0.5) is 0 Å². The van der Waals surface area contributed by atoms with E-state index in [1.54, 1.807) is 0 Å². The zero-order chi connectivity index (χ0) is 28.4. The van der Waals surface area contributed by atoms with Crippen LogP contribution < -0.4 is 10.7 Å². The Hall–Kier alpha value is -2.10. The van der Waals surface area contributed by atoms with E-state index in [1.165, 1.54) is 128 Å². The van der Waals surface area contributed by atoms with Gasteiger partial charge in [0.15, 0.2) is 0 Å². The third-order valence-corrected chi connectivity index (χ3v) is 7.94.